The normalized spacial score (nSPS) is 22.7. The van der Waals surface area contributed by atoms with E-state index in [1.54, 1.807) is 0 Å². The Bertz CT molecular complexity index is 5910. The van der Waals surface area contributed by atoms with Crippen LogP contribution in [0.25, 0.3) is 0 Å². The molecule has 0 spiro atoms. The fourth-order valence-corrected chi connectivity index (χ4v) is 30.3. The number of carbonyl (C=O) groups is 7. The van der Waals surface area contributed by atoms with Gasteiger partial charge in [-0.15, -0.1) is 0 Å². The van der Waals surface area contributed by atoms with Crippen molar-refractivity contribution in [3.05, 3.63) is 336 Å². The summed E-state index contributed by atoms with van der Waals surface area (Å²) in [5.41, 5.74) is 7.89. The Morgan fingerprint density at radius 1 is 0.304 bits per heavy atom. The number of aryl methyl sites for hydroxylation is 8. The van der Waals surface area contributed by atoms with Crippen molar-refractivity contribution in [2.75, 3.05) is 33.0 Å². The van der Waals surface area contributed by atoms with Crippen LogP contribution in [0.1, 0.15) is 89.5 Å². The number of fused-ring (bicyclic) bond motifs is 3. The lowest BCUT2D eigenvalue weighted by Gasteiger charge is -2.41. The van der Waals surface area contributed by atoms with Crippen LogP contribution in [0.4, 0.5) is 4.79 Å². The Balaban J connectivity index is 0.000000123. The van der Waals surface area contributed by atoms with Crippen molar-refractivity contribution >= 4 is 85.6 Å². The van der Waals surface area contributed by atoms with Crippen LogP contribution in [0.3, 0.4) is 0 Å². The largest absolute Gasteiger partial charge is 0.505 e. The van der Waals surface area contributed by atoms with Crippen LogP contribution in [-0.4, -0.2) is 129 Å². The molecule has 15 unspecified atom stereocenters. The average molecular weight is 1930 g/mol. The quantitative estimate of drug-likeness (QED) is 0.0207. The van der Waals surface area contributed by atoms with Crippen molar-refractivity contribution in [3.63, 3.8) is 0 Å². The summed E-state index contributed by atoms with van der Waals surface area (Å²) in [6.45, 7) is 15.8. The molecule has 0 amide bonds. The second-order valence-corrected chi connectivity index (χ2v) is 44.6. The summed E-state index contributed by atoms with van der Waals surface area (Å²) in [7, 11) is -0.992. The van der Waals surface area contributed by atoms with Gasteiger partial charge in [0, 0.05) is 66.3 Å². The second-order valence-electron chi connectivity index (χ2n) is 36.5. The SMILES string of the molecule is Cc1cc([S+](c2ccccc2)c2ccccc2)cc(C)c1OCC(=O)OC1C2CC3C(=O)OC1C3C2.Cc1cc([S+](c2ccccc2)c2ccccc2)cc(C)c1OCC(=O)OC1C2CC3C(=O)OC1C3O2.Cc1cc([S+](c2ccccc2)c2ccccc2)cc(C)c1OCC(=O)OC1C2CC3CC(C2)C(=O)OC1C3.Cc1cc([S+](c2ccccc2)c2ccccc2)cc(C)c1OCCOC(=O)O. The van der Waals surface area contributed by atoms with E-state index in [-0.39, 0.29) is 167 Å². The number of rotatable bonds is 28. The van der Waals surface area contributed by atoms with Crippen molar-refractivity contribution in [3.8, 4) is 23.0 Å². The molecule has 6 heterocycles. The van der Waals surface area contributed by atoms with Crippen LogP contribution in [0, 0.1) is 96.8 Å². The van der Waals surface area contributed by atoms with Crippen LogP contribution < -0.4 is 18.9 Å². The summed E-state index contributed by atoms with van der Waals surface area (Å²) in [5, 5.41) is 8.56. The molecule has 22 rings (SSSR count). The summed E-state index contributed by atoms with van der Waals surface area (Å²) in [4.78, 5) is 99.7. The van der Waals surface area contributed by atoms with Gasteiger partial charge in [0.15, 0.2) is 90.8 Å². The van der Waals surface area contributed by atoms with Gasteiger partial charge < -0.3 is 61.9 Å². The lowest BCUT2D eigenvalue weighted by molar-refractivity contribution is -0.174. The summed E-state index contributed by atoms with van der Waals surface area (Å²) in [5.74, 6) is 1.95. The maximum Gasteiger partial charge on any atom is 0.505 e. The first-order valence-electron chi connectivity index (χ1n) is 47.1. The van der Waals surface area contributed by atoms with Crippen LogP contribution >= 0.6 is 0 Å². The molecule has 10 fully saturated rings. The predicted octanol–water partition coefficient (Wildman–Crippen LogP) is 21.2. The maximum absolute atomic E-state index is 12.9. The molecular weight excluding hydrogens is 1820 g/mol. The third-order valence-corrected chi connectivity index (χ3v) is 35.7. The fourth-order valence-electron chi connectivity index (χ4n) is 21.2. The molecule has 12 aromatic rings. The smallest absolute Gasteiger partial charge is 0.489 e. The number of benzene rings is 12. The van der Waals surface area contributed by atoms with E-state index in [2.05, 4.69) is 247 Å². The van der Waals surface area contributed by atoms with Crippen molar-refractivity contribution in [2.24, 2.45) is 41.4 Å². The molecule has 6 aliphatic heterocycles. The number of hydrogen-bond acceptors (Lipinski definition) is 19. The van der Waals surface area contributed by atoms with Gasteiger partial charge in [0.1, 0.15) is 66.7 Å². The Kier molecular flexibility index (Phi) is 29.9. The molecule has 15 atom stereocenters. The van der Waals surface area contributed by atoms with Gasteiger partial charge in [-0.3, -0.25) is 14.4 Å². The molecule has 138 heavy (non-hydrogen) atoms. The van der Waals surface area contributed by atoms with E-state index in [4.69, 9.17) is 57.2 Å². The number of carbonyl (C=O) groups excluding carboxylic acids is 6. The molecule has 0 radical (unpaired) electrons. The number of carboxylic acid groups (broad SMARTS) is 1. The third kappa shape index (κ3) is 21.4. The molecule has 6 saturated heterocycles. The zero-order valence-electron chi connectivity index (χ0n) is 78.2. The summed E-state index contributed by atoms with van der Waals surface area (Å²) in [6, 6.07) is 101. The second kappa shape index (κ2) is 43.1. The van der Waals surface area contributed by atoms with E-state index in [1.807, 2.05) is 104 Å². The van der Waals surface area contributed by atoms with Gasteiger partial charge in [-0.2, -0.15) is 0 Å². The summed E-state index contributed by atoms with van der Waals surface area (Å²) < 4.78 is 67.9. The minimum Gasteiger partial charge on any atom is -0.489 e. The van der Waals surface area contributed by atoms with Gasteiger partial charge in [-0.1, -0.05) is 146 Å². The van der Waals surface area contributed by atoms with E-state index >= 15 is 0 Å². The van der Waals surface area contributed by atoms with E-state index in [9.17, 15) is 33.6 Å². The summed E-state index contributed by atoms with van der Waals surface area (Å²) in [6.07, 6.45) is 1.48. The topological polar surface area (TPSA) is 250 Å². The third-order valence-electron chi connectivity index (χ3n) is 26.9. The molecule has 24 heteroatoms. The van der Waals surface area contributed by atoms with Gasteiger partial charge in [0.25, 0.3) is 0 Å². The average Bonchev–Trinajstić information content (AvgIpc) is 1.57. The van der Waals surface area contributed by atoms with Gasteiger partial charge in [-0.05, 0) is 248 Å². The molecule has 0 aromatic heterocycles. The highest BCUT2D eigenvalue weighted by Crippen LogP contribution is 2.56. The highest BCUT2D eigenvalue weighted by atomic mass is 32.2. The van der Waals surface area contributed by atoms with Crippen molar-refractivity contribution in [1.82, 2.24) is 0 Å². The Labute approximate surface area is 816 Å². The van der Waals surface area contributed by atoms with Gasteiger partial charge in [0.2, 0.25) is 0 Å². The van der Waals surface area contributed by atoms with E-state index in [0.29, 0.717) is 29.6 Å². The lowest BCUT2D eigenvalue weighted by atomic mass is 9.67. The number of ether oxygens (including phenoxy) is 12. The molecule has 8 bridgehead atoms. The summed E-state index contributed by atoms with van der Waals surface area (Å²) >= 11 is 0. The zero-order valence-corrected chi connectivity index (χ0v) is 81.5. The molecule has 12 aromatic carbocycles. The molecule has 10 aliphatic rings. The van der Waals surface area contributed by atoms with Gasteiger partial charge in [-0.25, -0.2) is 19.2 Å². The highest BCUT2D eigenvalue weighted by molar-refractivity contribution is 7.98. The minimum atomic E-state index is -1.29. The first-order chi connectivity index (χ1) is 67.0. The van der Waals surface area contributed by atoms with E-state index < -0.39 is 36.3 Å². The predicted molar refractivity (Wildman–Crippen MR) is 524 cm³/mol. The maximum atomic E-state index is 12.9. The van der Waals surface area contributed by atoms with Crippen LogP contribution in [-0.2, 0) is 110 Å². The van der Waals surface area contributed by atoms with Crippen LogP contribution in [0.15, 0.2) is 350 Å². The van der Waals surface area contributed by atoms with E-state index in [1.165, 1.54) is 58.7 Å². The van der Waals surface area contributed by atoms with Crippen molar-refractivity contribution in [1.29, 1.82) is 0 Å². The standard InChI is InChI=1S/C32H33O5S.C30H29O5S.C29H27O6S.C23H22O4S/c1-20-13-27(38(25-9-5-3-6-10-25)26-11-7-4-8-12-26)14-21(2)30(20)35-19-29(33)37-31-23-15-22-16-24(18-23)32(34)36-28(31)17-22;1-18-13-23(36(21-9-5-3-6-10-21)22-11-7-4-8-12-22)14-19(2)27(18)33-17-26(31)34-28-20-15-24-25(16-20)30(32)35-29(24)28;1-17-13-21(36(19-9-5-3-6-10-19)20-11-7-4-8-12-20)14-18(2)25(17)32-16-24(30)34-27-23-15-22-26(33-23)28(27)35-29(22)31;1-17-15-21(16-18(2)22(17)26-13-14-27-23(24)25)28(19-9-5-3-6-10-19)20-11-7-4-8-12-20/h3-14,22-24,28,31H,15-19H2,1-2H3;3-14,20,24-25,28-29H,15-17H2,1-2H3;3-14,22-23,26-28H,15-16H2,1-2H3;3-12,15-16H,13-14H2,1-2H3/q3*+1;/p+1. The fraction of sp³-hybridized carbons (Fsp3) is 0.307. The van der Waals surface area contributed by atoms with Gasteiger partial charge >= 0.3 is 42.0 Å². The molecule has 1 N–H and O–H groups in total. The lowest BCUT2D eigenvalue weighted by Crippen LogP contribution is -2.45. The zero-order chi connectivity index (χ0) is 95.8. The molecule has 20 nitrogen and oxygen atoms in total. The van der Waals surface area contributed by atoms with Crippen molar-refractivity contribution in [2.45, 2.75) is 208 Å². The number of hydrogen-bond donors (Lipinski definition) is 1. The van der Waals surface area contributed by atoms with Crippen LogP contribution in [0.5, 0.6) is 23.0 Å². The number of esters is 6. The van der Waals surface area contributed by atoms with Crippen molar-refractivity contribution < 1.29 is 95.5 Å². The van der Waals surface area contributed by atoms with E-state index in [0.717, 1.165) is 88.8 Å². The highest BCUT2D eigenvalue weighted by Gasteiger charge is 2.66. The Hall–Kier alpha value is -12.7. The molecular formula is C114H112O20S4+4. The molecule has 4 aliphatic carbocycles. The Morgan fingerprint density at radius 2 is 0.623 bits per heavy atom. The Morgan fingerprint density at radius 3 is 0.978 bits per heavy atom. The minimum absolute atomic E-state index is 0.00586. The first-order valence-corrected chi connectivity index (χ1v) is 52.0. The van der Waals surface area contributed by atoms with Gasteiger partial charge in [0.05, 0.1) is 67.4 Å². The molecule has 4 saturated carbocycles. The monoisotopic (exact) mass is 1930 g/mol. The molecule has 708 valence electrons. The van der Waals surface area contributed by atoms with Crippen LogP contribution in [0.2, 0.25) is 0 Å². The first kappa shape index (κ1) is 95.6.